The number of rotatable bonds is 38. The second-order valence-corrected chi connectivity index (χ2v) is 15.1. The van der Waals surface area contributed by atoms with Crippen LogP contribution in [0.25, 0.3) is 0 Å². The van der Waals surface area contributed by atoms with Crippen LogP contribution in [0, 0.1) is 0 Å². The Labute approximate surface area is 313 Å². The number of hydrogen-bond acceptors (Lipinski definition) is 7. The van der Waals surface area contributed by atoms with E-state index in [2.05, 4.69) is 50.3 Å². The topological polar surface area (TPSA) is 108 Å². The minimum Gasteiger partial charge on any atom is -0.462 e. The van der Waals surface area contributed by atoms with Gasteiger partial charge in [-0.25, -0.2) is 4.57 Å². The zero-order valence-electron chi connectivity index (χ0n) is 33.0. The lowest BCUT2D eigenvalue weighted by atomic mass is 10.1. The first-order valence-electron chi connectivity index (χ1n) is 20.8. The molecule has 0 saturated heterocycles. The molecular formula is C42H77O8P. The van der Waals surface area contributed by atoms with Gasteiger partial charge in [0.15, 0.2) is 6.10 Å². The predicted octanol–water partition coefficient (Wildman–Crippen LogP) is 12.8. The van der Waals surface area contributed by atoms with Gasteiger partial charge in [0.05, 0.1) is 13.2 Å². The molecule has 51 heavy (non-hydrogen) atoms. The van der Waals surface area contributed by atoms with E-state index < -0.39 is 26.5 Å². The molecule has 1 N–H and O–H groups in total. The Bertz CT molecular complexity index is 932. The Morgan fingerprint density at radius 2 is 0.941 bits per heavy atom. The Hall–Kier alpha value is -1.73. The van der Waals surface area contributed by atoms with Crippen molar-refractivity contribution in [3.63, 3.8) is 0 Å². The number of carbonyl (C=O) groups is 2. The van der Waals surface area contributed by atoms with E-state index in [1.807, 2.05) is 0 Å². The lowest BCUT2D eigenvalue weighted by Crippen LogP contribution is -2.29. The molecule has 0 saturated carbocycles. The van der Waals surface area contributed by atoms with Gasteiger partial charge in [0.2, 0.25) is 0 Å². The molecule has 0 aliphatic carbocycles. The SMILES string of the molecule is CCCCCC/C=C\C/C=C\CCCCCCCC(=O)OC(COC(=O)CCCCCCC/C=C\CCCCCCCC)COP(=O)(O)OCC. The number of carbonyl (C=O) groups excluding carboxylic acids is 2. The Morgan fingerprint density at radius 3 is 1.43 bits per heavy atom. The molecule has 0 aromatic carbocycles. The summed E-state index contributed by atoms with van der Waals surface area (Å²) >= 11 is 0. The first-order chi connectivity index (χ1) is 24.8. The van der Waals surface area contributed by atoms with Crippen LogP contribution in [0.2, 0.25) is 0 Å². The van der Waals surface area contributed by atoms with Gasteiger partial charge in [-0.05, 0) is 77.6 Å². The molecule has 298 valence electrons. The van der Waals surface area contributed by atoms with Crippen molar-refractivity contribution in [2.45, 2.75) is 200 Å². The van der Waals surface area contributed by atoms with Crippen molar-refractivity contribution in [2.75, 3.05) is 19.8 Å². The fourth-order valence-corrected chi connectivity index (χ4v) is 6.35. The van der Waals surface area contributed by atoms with E-state index in [1.165, 1.54) is 77.0 Å². The molecule has 0 aromatic heterocycles. The fraction of sp³-hybridized carbons (Fsp3) is 0.810. The minimum absolute atomic E-state index is 0.00391. The van der Waals surface area contributed by atoms with E-state index in [0.29, 0.717) is 6.42 Å². The average Bonchev–Trinajstić information content (AvgIpc) is 3.10. The number of unbranched alkanes of at least 4 members (excludes halogenated alkanes) is 20. The van der Waals surface area contributed by atoms with Gasteiger partial charge in [-0.3, -0.25) is 18.6 Å². The summed E-state index contributed by atoms with van der Waals surface area (Å²) in [7, 11) is -4.28. The van der Waals surface area contributed by atoms with Crippen molar-refractivity contribution >= 4 is 19.8 Å². The van der Waals surface area contributed by atoms with E-state index in [-0.39, 0.29) is 32.0 Å². The lowest BCUT2D eigenvalue weighted by Gasteiger charge is -2.19. The molecule has 0 bridgehead atoms. The van der Waals surface area contributed by atoms with Gasteiger partial charge in [-0.2, -0.15) is 0 Å². The number of esters is 2. The number of phosphoric ester groups is 1. The van der Waals surface area contributed by atoms with E-state index in [9.17, 15) is 19.0 Å². The van der Waals surface area contributed by atoms with Crippen LogP contribution in [-0.2, 0) is 32.7 Å². The summed E-state index contributed by atoms with van der Waals surface area (Å²) in [5.41, 5.74) is 0. The fourth-order valence-electron chi connectivity index (χ4n) is 5.59. The lowest BCUT2D eigenvalue weighted by molar-refractivity contribution is -0.161. The molecule has 0 spiro atoms. The van der Waals surface area contributed by atoms with Crippen molar-refractivity contribution < 1.29 is 37.6 Å². The monoisotopic (exact) mass is 741 g/mol. The molecule has 0 aliphatic heterocycles. The zero-order chi connectivity index (χ0) is 37.5. The minimum atomic E-state index is -4.28. The van der Waals surface area contributed by atoms with Crippen LogP contribution in [-0.4, -0.2) is 42.8 Å². The molecule has 0 aliphatic rings. The molecule has 9 heteroatoms. The van der Waals surface area contributed by atoms with Crippen LogP contribution in [0.4, 0.5) is 0 Å². The summed E-state index contributed by atoms with van der Waals surface area (Å²) in [4.78, 5) is 34.7. The molecule has 0 fully saturated rings. The Morgan fingerprint density at radius 1 is 0.529 bits per heavy atom. The van der Waals surface area contributed by atoms with Crippen LogP contribution in [0.3, 0.4) is 0 Å². The molecule has 0 rings (SSSR count). The standard InChI is InChI=1S/C42H77O8P/c1-4-7-9-11-13-15-17-19-21-23-25-27-29-31-33-35-37-42(44)50-40(39-49-51(45,46)48-6-3)38-47-41(43)36-34-32-30-28-26-24-22-20-18-16-14-12-10-8-5-2/h15,17,20-23,40H,4-14,16,18-19,24-39H2,1-3H3,(H,45,46)/b17-15-,22-20-,23-21-. The van der Waals surface area contributed by atoms with Gasteiger partial charge in [0.1, 0.15) is 6.61 Å². The maximum Gasteiger partial charge on any atom is 0.472 e. The second kappa shape index (κ2) is 38.0. The number of ether oxygens (including phenoxy) is 2. The quantitative estimate of drug-likeness (QED) is 0.0288. The average molecular weight is 741 g/mol. The van der Waals surface area contributed by atoms with Gasteiger partial charge in [0, 0.05) is 12.8 Å². The highest BCUT2D eigenvalue weighted by molar-refractivity contribution is 7.47. The first kappa shape index (κ1) is 49.3. The highest BCUT2D eigenvalue weighted by Gasteiger charge is 2.25. The third-order valence-electron chi connectivity index (χ3n) is 8.67. The van der Waals surface area contributed by atoms with Crippen LogP contribution in [0.5, 0.6) is 0 Å². The molecule has 0 heterocycles. The Kier molecular flexibility index (Phi) is 36.7. The number of hydrogen-bond donors (Lipinski definition) is 1. The summed E-state index contributed by atoms with van der Waals surface area (Å²) in [5, 5.41) is 0. The smallest absolute Gasteiger partial charge is 0.462 e. The van der Waals surface area contributed by atoms with Gasteiger partial charge in [-0.1, -0.05) is 140 Å². The number of phosphoric acid groups is 1. The van der Waals surface area contributed by atoms with E-state index in [1.54, 1.807) is 6.92 Å². The van der Waals surface area contributed by atoms with Crippen LogP contribution < -0.4 is 0 Å². The predicted molar refractivity (Wildman–Crippen MR) is 212 cm³/mol. The highest BCUT2D eigenvalue weighted by Crippen LogP contribution is 2.43. The van der Waals surface area contributed by atoms with Crippen molar-refractivity contribution in [3.8, 4) is 0 Å². The van der Waals surface area contributed by atoms with Crippen molar-refractivity contribution in [1.29, 1.82) is 0 Å². The van der Waals surface area contributed by atoms with Crippen molar-refractivity contribution in [2.24, 2.45) is 0 Å². The summed E-state index contributed by atoms with van der Waals surface area (Å²) in [6.45, 7) is 5.43. The summed E-state index contributed by atoms with van der Waals surface area (Å²) in [5.74, 6) is -0.822. The Balaban J connectivity index is 4.15. The third-order valence-corrected chi connectivity index (χ3v) is 9.73. The van der Waals surface area contributed by atoms with Crippen molar-refractivity contribution in [1.82, 2.24) is 0 Å². The largest absolute Gasteiger partial charge is 0.472 e. The van der Waals surface area contributed by atoms with Crippen molar-refractivity contribution in [3.05, 3.63) is 36.5 Å². The molecule has 0 aromatic rings. The molecule has 2 atom stereocenters. The first-order valence-corrected chi connectivity index (χ1v) is 22.3. The van der Waals surface area contributed by atoms with Gasteiger partial charge in [-0.15, -0.1) is 0 Å². The molecule has 2 unspecified atom stereocenters. The summed E-state index contributed by atoms with van der Waals surface area (Å²) in [6.07, 6.45) is 41.9. The van der Waals surface area contributed by atoms with Gasteiger partial charge >= 0.3 is 19.8 Å². The number of allylic oxidation sites excluding steroid dienone is 6. The van der Waals surface area contributed by atoms with E-state index in [0.717, 1.165) is 77.0 Å². The maximum atomic E-state index is 12.5. The molecule has 0 amide bonds. The highest BCUT2D eigenvalue weighted by atomic mass is 31.2. The van der Waals surface area contributed by atoms with Crippen LogP contribution >= 0.6 is 7.82 Å². The van der Waals surface area contributed by atoms with Gasteiger partial charge < -0.3 is 14.4 Å². The maximum absolute atomic E-state index is 12.5. The normalized spacial score (nSPS) is 13.7. The second-order valence-electron chi connectivity index (χ2n) is 13.6. The summed E-state index contributed by atoms with van der Waals surface area (Å²) in [6, 6.07) is 0. The third kappa shape index (κ3) is 37.8. The molecular weight excluding hydrogens is 663 g/mol. The molecule has 8 nitrogen and oxygen atoms in total. The van der Waals surface area contributed by atoms with E-state index in [4.69, 9.17) is 18.5 Å². The van der Waals surface area contributed by atoms with Crippen LogP contribution in [0.1, 0.15) is 194 Å². The summed E-state index contributed by atoms with van der Waals surface area (Å²) < 4.78 is 32.6. The van der Waals surface area contributed by atoms with Crippen LogP contribution in [0.15, 0.2) is 36.5 Å². The van der Waals surface area contributed by atoms with Gasteiger partial charge in [0.25, 0.3) is 0 Å². The molecule has 0 radical (unpaired) electrons. The van der Waals surface area contributed by atoms with E-state index >= 15 is 0 Å². The zero-order valence-corrected chi connectivity index (χ0v) is 33.9.